The van der Waals surface area contributed by atoms with Crippen LogP contribution < -0.4 is 11.0 Å². The fourth-order valence-corrected chi connectivity index (χ4v) is 2.22. The lowest BCUT2D eigenvalue weighted by Crippen LogP contribution is -2.20. The minimum atomic E-state index is -0.702. The summed E-state index contributed by atoms with van der Waals surface area (Å²) in [5.41, 5.74) is 2.47. The smallest absolute Gasteiger partial charge is 0.359 e. The molecular weight excluding hydrogens is 368 g/mol. The second kappa shape index (κ2) is 9.31. The van der Waals surface area contributed by atoms with Crippen molar-refractivity contribution in [3.63, 3.8) is 0 Å². The van der Waals surface area contributed by atoms with Gasteiger partial charge >= 0.3 is 11.9 Å². The quantitative estimate of drug-likeness (QED) is 0.358. The van der Waals surface area contributed by atoms with Crippen molar-refractivity contribution in [1.29, 1.82) is 0 Å². The zero-order valence-electron chi connectivity index (χ0n) is 15.6. The molecule has 0 radical (unpaired) electrons. The molecule has 1 aromatic rings. The van der Waals surface area contributed by atoms with Gasteiger partial charge in [0.05, 0.1) is 24.4 Å². The largest absolute Gasteiger partial charge is 0.461 e. The van der Waals surface area contributed by atoms with E-state index in [1.807, 2.05) is 0 Å². The van der Waals surface area contributed by atoms with Crippen LogP contribution in [-0.2, 0) is 19.1 Å². The van der Waals surface area contributed by atoms with E-state index in [1.165, 1.54) is 12.2 Å². The van der Waals surface area contributed by atoms with Gasteiger partial charge in [0.25, 0.3) is 11.5 Å². The zero-order valence-corrected chi connectivity index (χ0v) is 15.6. The maximum atomic E-state index is 11.9. The van der Waals surface area contributed by atoms with Gasteiger partial charge in [0.15, 0.2) is 11.4 Å². The van der Waals surface area contributed by atoms with Crippen molar-refractivity contribution in [2.75, 3.05) is 13.2 Å². The highest BCUT2D eigenvalue weighted by Crippen LogP contribution is 2.11. The number of allylic oxidation sites excluding steroid dienone is 4. The molecule has 28 heavy (non-hydrogen) atoms. The van der Waals surface area contributed by atoms with Gasteiger partial charge < -0.3 is 9.47 Å². The molecule has 10 nitrogen and oxygen atoms in total. The Labute approximate surface area is 160 Å². The lowest BCUT2D eigenvalue weighted by Gasteiger charge is -2.00. The lowest BCUT2D eigenvalue weighted by atomic mass is 10.1. The van der Waals surface area contributed by atoms with Crippen LogP contribution in [0.3, 0.4) is 0 Å². The highest BCUT2D eigenvalue weighted by atomic mass is 16.5. The Kier molecular flexibility index (Phi) is 6.85. The number of hydrogen-bond donors (Lipinski definition) is 3. The summed E-state index contributed by atoms with van der Waals surface area (Å²) < 4.78 is 9.73. The summed E-state index contributed by atoms with van der Waals surface area (Å²) in [6, 6.07) is 0. The van der Waals surface area contributed by atoms with Crippen LogP contribution >= 0.6 is 0 Å². The number of nitrogens with zero attached hydrogens (tertiary/aromatic N) is 1. The van der Waals surface area contributed by atoms with Gasteiger partial charge in [0.2, 0.25) is 0 Å². The van der Waals surface area contributed by atoms with Crippen LogP contribution in [0, 0.1) is 0 Å². The van der Waals surface area contributed by atoms with Crippen LogP contribution in [0.2, 0.25) is 0 Å². The highest BCUT2D eigenvalue weighted by molar-refractivity contribution is 6.51. The maximum Gasteiger partial charge on any atom is 0.359 e. The Morgan fingerprint density at radius 2 is 1.75 bits per heavy atom. The third kappa shape index (κ3) is 4.72. The number of nitrogens with one attached hydrogen (secondary N) is 3. The van der Waals surface area contributed by atoms with Crippen LogP contribution in [-0.4, -0.2) is 47.0 Å². The molecule has 0 saturated heterocycles. The molecule has 0 unspecified atom stereocenters. The van der Waals surface area contributed by atoms with Gasteiger partial charge in [-0.1, -0.05) is 17.7 Å². The van der Waals surface area contributed by atoms with Crippen LogP contribution in [0.4, 0.5) is 0 Å². The Morgan fingerprint density at radius 3 is 2.43 bits per heavy atom. The predicted octanol–water partition coefficient (Wildman–Crippen LogP) is 0.814. The minimum absolute atomic E-state index is 0.0150. The second-order valence-electron chi connectivity index (χ2n) is 5.53. The highest BCUT2D eigenvalue weighted by Gasteiger charge is 2.28. The van der Waals surface area contributed by atoms with Crippen molar-refractivity contribution in [1.82, 2.24) is 15.6 Å². The zero-order chi connectivity index (χ0) is 20.7. The van der Waals surface area contributed by atoms with Crippen molar-refractivity contribution < 1.29 is 23.9 Å². The molecule has 0 bridgehead atoms. The first-order chi connectivity index (χ1) is 13.4. The average molecular weight is 388 g/mol. The van der Waals surface area contributed by atoms with Crippen molar-refractivity contribution in [2.45, 2.75) is 20.8 Å². The molecule has 0 aliphatic carbocycles. The third-order valence-corrected chi connectivity index (χ3v) is 3.56. The summed E-state index contributed by atoms with van der Waals surface area (Å²) in [5.74, 6) is -1.88. The number of H-pyrrole nitrogens is 2. The number of esters is 2. The summed E-state index contributed by atoms with van der Waals surface area (Å²) in [6.45, 7) is 5.35. The standard InChI is InChI=1S/C18H20N4O6/c1-4-27-17(25)13-11(15(23)21-19-13)8-6-10(3)7-9-12-14(18(26)28-5-2)20-22-16(12)24/h6-9H,4-5H2,1-3H3,(H,21,23)(H2,20,22,24)/b9-7+,10-6+,11-8-. The molecule has 2 heterocycles. The van der Waals surface area contributed by atoms with Crippen molar-refractivity contribution in [3.05, 3.63) is 51.0 Å². The van der Waals surface area contributed by atoms with Gasteiger partial charge in [-0.25, -0.2) is 15.0 Å². The van der Waals surface area contributed by atoms with E-state index in [0.29, 0.717) is 5.57 Å². The van der Waals surface area contributed by atoms with Crippen molar-refractivity contribution >= 4 is 29.6 Å². The SMILES string of the molecule is CCOC(=O)C1=NNC(=O)\C1=C/C=C(C)/C=C/c1c(C(=O)OCC)[nH][nH]c1=O. The molecule has 0 atom stereocenters. The fraction of sp³-hybridized carbons (Fsp3) is 0.278. The van der Waals surface area contributed by atoms with E-state index in [9.17, 15) is 19.2 Å². The Hall–Kier alpha value is -3.69. The number of ether oxygens (including phenoxy) is 2. The predicted molar refractivity (Wildman–Crippen MR) is 100 cm³/mol. The van der Waals surface area contributed by atoms with Gasteiger partial charge in [-0.2, -0.15) is 5.10 Å². The summed E-state index contributed by atoms with van der Waals surface area (Å²) in [7, 11) is 0. The van der Waals surface area contributed by atoms with Gasteiger partial charge in [-0.05, 0) is 32.9 Å². The van der Waals surface area contributed by atoms with Crippen molar-refractivity contribution in [3.8, 4) is 0 Å². The number of carbonyl (C=O) groups is 3. The van der Waals surface area contributed by atoms with Gasteiger partial charge in [-0.3, -0.25) is 19.8 Å². The summed E-state index contributed by atoms with van der Waals surface area (Å²) >= 11 is 0. The fourth-order valence-electron chi connectivity index (χ4n) is 2.22. The van der Waals surface area contributed by atoms with Gasteiger partial charge in [0.1, 0.15) is 0 Å². The molecule has 2 rings (SSSR count). The number of aromatic amines is 2. The normalized spacial score (nSPS) is 15.7. The summed E-state index contributed by atoms with van der Waals surface area (Å²) in [5, 5.41) is 8.48. The molecule has 0 saturated carbocycles. The number of hydrazone groups is 1. The summed E-state index contributed by atoms with van der Waals surface area (Å²) in [4.78, 5) is 47.3. The molecule has 3 N–H and O–H groups in total. The molecule has 0 spiro atoms. The van der Waals surface area contributed by atoms with Gasteiger partial charge in [0, 0.05) is 0 Å². The number of hydrogen-bond acceptors (Lipinski definition) is 7. The van der Waals surface area contributed by atoms with Gasteiger partial charge in [-0.15, -0.1) is 0 Å². The van der Waals surface area contributed by atoms with Crippen LogP contribution in [0.1, 0.15) is 36.8 Å². The molecule has 1 aromatic heterocycles. The molecule has 1 aliphatic rings. The Morgan fingerprint density at radius 1 is 1.07 bits per heavy atom. The van der Waals surface area contributed by atoms with E-state index < -0.39 is 23.4 Å². The molecule has 0 fully saturated rings. The Bertz CT molecular complexity index is 961. The first kappa shape index (κ1) is 20.6. The van der Waals surface area contributed by atoms with E-state index in [2.05, 4.69) is 20.7 Å². The number of carbonyl (C=O) groups excluding carboxylic acids is 3. The lowest BCUT2D eigenvalue weighted by molar-refractivity contribution is -0.135. The van der Waals surface area contributed by atoms with E-state index in [4.69, 9.17) is 9.47 Å². The molecule has 1 aliphatic heterocycles. The van der Waals surface area contributed by atoms with E-state index in [0.717, 1.165) is 0 Å². The Balaban J connectivity index is 2.22. The second-order valence-corrected chi connectivity index (χ2v) is 5.53. The van der Waals surface area contributed by atoms with Crippen LogP contribution in [0.15, 0.2) is 39.3 Å². The molecule has 10 heteroatoms. The van der Waals surface area contributed by atoms with E-state index in [1.54, 1.807) is 32.9 Å². The molecule has 1 amide bonds. The van der Waals surface area contributed by atoms with E-state index >= 15 is 0 Å². The number of aromatic nitrogens is 2. The van der Waals surface area contributed by atoms with E-state index in [-0.39, 0.29) is 35.8 Å². The first-order valence-electron chi connectivity index (χ1n) is 8.48. The molecular formula is C18H20N4O6. The monoisotopic (exact) mass is 388 g/mol. The van der Waals surface area contributed by atoms with Crippen LogP contribution in [0.25, 0.3) is 6.08 Å². The molecule has 0 aromatic carbocycles. The summed E-state index contributed by atoms with van der Waals surface area (Å²) in [6.07, 6.45) is 6.01. The first-order valence-corrected chi connectivity index (χ1v) is 8.48. The van der Waals surface area contributed by atoms with Crippen molar-refractivity contribution in [2.24, 2.45) is 5.10 Å². The number of rotatable bonds is 7. The average Bonchev–Trinajstić information content (AvgIpc) is 3.21. The van der Waals surface area contributed by atoms with Crippen LogP contribution in [0.5, 0.6) is 0 Å². The maximum absolute atomic E-state index is 11.9. The minimum Gasteiger partial charge on any atom is -0.461 e. The third-order valence-electron chi connectivity index (χ3n) is 3.56. The molecule has 148 valence electrons. The topological polar surface area (TPSA) is 143 Å². The number of amides is 1.